The van der Waals surface area contributed by atoms with Gasteiger partial charge in [-0.3, -0.25) is 4.99 Å². The second-order valence-electron chi connectivity index (χ2n) is 8.09. The van der Waals surface area contributed by atoms with Crippen LogP contribution in [0.4, 0.5) is 0 Å². The van der Waals surface area contributed by atoms with Gasteiger partial charge in [-0.25, -0.2) is 0 Å². The molecule has 2 nitrogen and oxygen atoms in total. The molecule has 1 saturated carbocycles. The minimum atomic E-state index is 0.411. The van der Waals surface area contributed by atoms with Gasteiger partial charge in [0.1, 0.15) is 0 Å². The predicted octanol–water partition coefficient (Wildman–Crippen LogP) is 4.70. The number of aliphatic imine (C=N–C) groups is 1. The Morgan fingerprint density at radius 3 is 2.60 bits per heavy atom. The van der Waals surface area contributed by atoms with Crippen LogP contribution in [0.5, 0.6) is 0 Å². The number of rotatable bonds is 3. The van der Waals surface area contributed by atoms with Crippen LogP contribution in [0, 0.1) is 17.3 Å². The number of nitrogens with one attached hydrogen (secondary N) is 1. The lowest BCUT2D eigenvalue weighted by Gasteiger charge is -2.35. The van der Waals surface area contributed by atoms with Crippen LogP contribution in [0.25, 0.3) is 0 Å². The van der Waals surface area contributed by atoms with Crippen LogP contribution in [0.15, 0.2) is 4.99 Å². The highest BCUT2D eigenvalue weighted by molar-refractivity contribution is 8.14. The molecular weight excluding hydrogens is 264 g/mol. The molecule has 0 aromatic rings. The Morgan fingerprint density at radius 2 is 1.95 bits per heavy atom. The van der Waals surface area contributed by atoms with Gasteiger partial charge in [-0.1, -0.05) is 59.2 Å². The van der Waals surface area contributed by atoms with Gasteiger partial charge in [0.15, 0.2) is 5.17 Å². The van der Waals surface area contributed by atoms with Gasteiger partial charge in [0.2, 0.25) is 0 Å². The van der Waals surface area contributed by atoms with E-state index in [0.29, 0.717) is 16.7 Å². The first-order chi connectivity index (χ1) is 9.35. The fourth-order valence-electron chi connectivity index (χ4n) is 3.58. The molecule has 0 bridgehead atoms. The molecule has 0 aromatic heterocycles. The van der Waals surface area contributed by atoms with Crippen LogP contribution < -0.4 is 5.32 Å². The van der Waals surface area contributed by atoms with Crippen molar-refractivity contribution in [3.8, 4) is 0 Å². The maximum atomic E-state index is 4.76. The van der Waals surface area contributed by atoms with Crippen molar-refractivity contribution in [3.05, 3.63) is 0 Å². The highest BCUT2D eigenvalue weighted by atomic mass is 32.2. The highest BCUT2D eigenvalue weighted by Crippen LogP contribution is 2.34. The Balaban J connectivity index is 1.84. The Hall–Kier alpha value is -0.180. The quantitative estimate of drug-likeness (QED) is 0.816. The zero-order chi connectivity index (χ0) is 14.8. The highest BCUT2D eigenvalue weighted by Gasteiger charge is 2.31. The third-order valence-electron chi connectivity index (χ3n) is 4.54. The maximum Gasteiger partial charge on any atom is 0.157 e. The Morgan fingerprint density at radius 1 is 1.25 bits per heavy atom. The van der Waals surface area contributed by atoms with Crippen molar-refractivity contribution in [2.24, 2.45) is 22.2 Å². The van der Waals surface area contributed by atoms with Gasteiger partial charge in [0, 0.05) is 11.3 Å². The van der Waals surface area contributed by atoms with E-state index < -0.39 is 0 Å². The molecule has 0 saturated heterocycles. The second-order valence-corrected chi connectivity index (χ2v) is 9.38. The van der Waals surface area contributed by atoms with Crippen molar-refractivity contribution < 1.29 is 0 Å². The van der Waals surface area contributed by atoms with Crippen LogP contribution in [0.2, 0.25) is 0 Å². The van der Waals surface area contributed by atoms with Gasteiger partial charge >= 0.3 is 0 Å². The van der Waals surface area contributed by atoms with E-state index in [1.54, 1.807) is 0 Å². The molecular formula is C17H32N2S. The Labute approximate surface area is 129 Å². The molecule has 116 valence electrons. The minimum Gasteiger partial charge on any atom is -0.362 e. The van der Waals surface area contributed by atoms with E-state index in [1.165, 1.54) is 37.3 Å². The number of nitrogens with zero attached hydrogens (tertiary/aromatic N) is 1. The number of hydrogen-bond donors (Lipinski definition) is 1. The predicted molar refractivity (Wildman–Crippen MR) is 91.5 cm³/mol. The molecule has 2 aliphatic rings. The smallest absolute Gasteiger partial charge is 0.157 e. The van der Waals surface area contributed by atoms with Crippen molar-refractivity contribution in [1.29, 1.82) is 0 Å². The standard InChI is InChI=1S/C17H32N2S/c1-12(2)14-8-6-7-9-15(14)19-16-18-11-13(20-16)10-17(3,4)5/h12-15H,6-11H2,1-5H3,(H,18,19). The van der Waals surface area contributed by atoms with E-state index in [2.05, 4.69) is 39.9 Å². The summed E-state index contributed by atoms with van der Waals surface area (Å²) >= 11 is 1.98. The van der Waals surface area contributed by atoms with Crippen LogP contribution in [0.1, 0.15) is 66.7 Å². The summed E-state index contributed by atoms with van der Waals surface area (Å²) in [5.74, 6) is 1.61. The summed E-state index contributed by atoms with van der Waals surface area (Å²) in [4.78, 5) is 4.76. The molecule has 0 amide bonds. The summed E-state index contributed by atoms with van der Waals surface area (Å²) in [6.07, 6.45) is 6.76. The molecule has 3 unspecified atom stereocenters. The Kier molecular flexibility index (Phi) is 5.44. The number of thioether (sulfide) groups is 1. The largest absolute Gasteiger partial charge is 0.362 e. The van der Waals surface area contributed by atoms with Gasteiger partial charge in [-0.2, -0.15) is 0 Å². The van der Waals surface area contributed by atoms with Crippen molar-refractivity contribution >= 4 is 16.9 Å². The first kappa shape index (κ1) is 16.2. The van der Waals surface area contributed by atoms with Gasteiger partial charge in [-0.05, 0) is 36.5 Å². The monoisotopic (exact) mass is 296 g/mol. The maximum absolute atomic E-state index is 4.76. The summed E-state index contributed by atoms with van der Waals surface area (Å²) < 4.78 is 0. The van der Waals surface area contributed by atoms with E-state index in [0.717, 1.165) is 18.4 Å². The summed E-state index contributed by atoms with van der Waals surface area (Å²) in [6.45, 7) is 12.7. The van der Waals surface area contributed by atoms with Gasteiger partial charge in [0.25, 0.3) is 0 Å². The summed E-state index contributed by atoms with van der Waals surface area (Å²) in [5, 5.41) is 5.68. The van der Waals surface area contributed by atoms with Crippen LogP contribution in [0.3, 0.4) is 0 Å². The van der Waals surface area contributed by atoms with E-state index in [1.807, 2.05) is 11.8 Å². The van der Waals surface area contributed by atoms with E-state index in [4.69, 9.17) is 4.99 Å². The van der Waals surface area contributed by atoms with Crippen LogP contribution >= 0.6 is 11.8 Å². The topological polar surface area (TPSA) is 24.4 Å². The minimum absolute atomic E-state index is 0.411. The lowest BCUT2D eigenvalue weighted by Crippen LogP contribution is -2.42. The van der Waals surface area contributed by atoms with E-state index >= 15 is 0 Å². The summed E-state index contributed by atoms with van der Waals surface area (Å²) in [6, 6.07) is 0.656. The zero-order valence-corrected chi connectivity index (χ0v) is 14.7. The average molecular weight is 297 g/mol. The zero-order valence-electron chi connectivity index (χ0n) is 13.9. The normalized spacial score (nSPS) is 31.5. The van der Waals surface area contributed by atoms with Gasteiger partial charge in [-0.15, -0.1) is 0 Å². The van der Waals surface area contributed by atoms with Crippen molar-refractivity contribution in [2.75, 3.05) is 6.54 Å². The van der Waals surface area contributed by atoms with E-state index in [9.17, 15) is 0 Å². The molecule has 1 aliphatic carbocycles. The molecule has 0 radical (unpaired) electrons. The first-order valence-corrected chi connectivity index (χ1v) is 9.21. The number of amidine groups is 1. The lowest BCUT2D eigenvalue weighted by atomic mass is 9.78. The SMILES string of the molecule is CC(C)C1CCCCC1NC1=NCC(CC(C)(C)C)S1. The second kappa shape index (κ2) is 6.72. The fraction of sp³-hybridized carbons (Fsp3) is 0.941. The average Bonchev–Trinajstić information content (AvgIpc) is 2.74. The summed E-state index contributed by atoms with van der Waals surface area (Å²) in [5.41, 5.74) is 0.411. The molecule has 0 aromatic carbocycles. The van der Waals surface area contributed by atoms with Crippen LogP contribution in [-0.2, 0) is 0 Å². The first-order valence-electron chi connectivity index (χ1n) is 8.33. The molecule has 1 fully saturated rings. The van der Waals surface area contributed by atoms with Crippen molar-refractivity contribution in [2.45, 2.75) is 78.0 Å². The van der Waals surface area contributed by atoms with Crippen molar-refractivity contribution in [3.63, 3.8) is 0 Å². The Bertz CT molecular complexity index is 343. The third kappa shape index (κ3) is 4.68. The summed E-state index contributed by atoms with van der Waals surface area (Å²) in [7, 11) is 0. The van der Waals surface area contributed by atoms with E-state index in [-0.39, 0.29) is 0 Å². The molecule has 1 heterocycles. The third-order valence-corrected chi connectivity index (χ3v) is 5.66. The molecule has 2 rings (SSSR count). The molecule has 3 atom stereocenters. The van der Waals surface area contributed by atoms with Crippen LogP contribution in [-0.4, -0.2) is 23.0 Å². The van der Waals surface area contributed by atoms with Crippen molar-refractivity contribution in [1.82, 2.24) is 5.32 Å². The van der Waals surface area contributed by atoms with Gasteiger partial charge in [0.05, 0.1) is 6.54 Å². The molecule has 3 heteroatoms. The fourth-order valence-corrected chi connectivity index (χ4v) is 5.00. The lowest BCUT2D eigenvalue weighted by molar-refractivity contribution is 0.225. The number of hydrogen-bond acceptors (Lipinski definition) is 3. The molecule has 1 aliphatic heterocycles. The van der Waals surface area contributed by atoms with Gasteiger partial charge < -0.3 is 5.32 Å². The molecule has 1 N–H and O–H groups in total. The molecule has 0 spiro atoms. The molecule has 20 heavy (non-hydrogen) atoms.